The number of aromatic nitrogens is 2. The summed E-state index contributed by atoms with van der Waals surface area (Å²) in [6.07, 6.45) is 0.988. The van der Waals surface area contributed by atoms with Crippen LogP contribution in [0.3, 0.4) is 0 Å². The lowest BCUT2D eigenvalue weighted by Gasteiger charge is -2.24. The van der Waals surface area contributed by atoms with E-state index >= 15 is 0 Å². The van der Waals surface area contributed by atoms with Crippen molar-refractivity contribution in [3.63, 3.8) is 0 Å². The number of halogens is 1. The number of benzene rings is 1. The molecule has 0 saturated heterocycles. The molecule has 0 aliphatic rings. The van der Waals surface area contributed by atoms with Crippen molar-refractivity contribution in [3.05, 3.63) is 47.3 Å². The minimum atomic E-state index is 0. The van der Waals surface area contributed by atoms with Gasteiger partial charge in [-0.1, -0.05) is 12.1 Å². The highest BCUT2D eigenvalue weighted by Crippen LogP contribution is 2.21. The number of aryl methyl sites for hydroxylation is 3. The third kappa shape index (κ3) is 8.14. The van der Waals surface area contributed by atoms with E-state index in [4.69, 9.17) is 9.73 Å². The molecule has 0 saturated carbocycles. The van der Waals surface area contributed by atoms with Crippen LogP contribution < -0.4 is 15.4 Å². The maximum atomic E-state index is 5.27. The van der Waals surface area contributed by atoms with Crippen molar-refractivity contribution < 1.29 is 4.74 Å². The normalized spacial score (nSPS) is 12.4. The topological polar surface area (TPSA) is 66.7 Å². The molecule has 1 heterocycles. The molecular weight excluding hydrogens is 491 g/mol. The average molecular weight is 528 g/mol. The molecule has 0 aliphatic heterocycles. The maximum Gasteiger partial charge on any atom is 0.191 e. The first-order chi connectivity index (χ1) is 13.9. The Morgan fingerprint density at radius 2 is 1.90 bits per heavy atom. The van der Waals surface area contributed by atoms with Crippen molar-refractivity contribution in [3.8, 4) is 5.75 Å². The number of likely N-dealkylation sites (N-methyl/N-ethyl adjacent to an activating group) is 1. The van der Waals surface area contributed by atoms with Gasteiger partial charge in [0.05, 0.1) is 25.4 Å². The number of hydrogen-bond acceptors (Lipinski definition) is 4. The molecule has 0 radical (unpaired) electrons. The Kier molecular flexibility index (Phi) is 11.8. The van der Waals surface area contributed by atoms with Crippen LogP contribution in [0.25, 0.3) is 0 Å². The predicted molar refractivity (Wildman–Crippen MR) is 135 cm³/mol. The van der Waals surface area contributed by atoms with Crippen LogP contribution in [-0.4, -0.2) is 61.5 Å². The van der Waals surface area contributed by atoms with Gasteiger partial charge in [0.15, 0.2) is 5.96 Å². The van der Waals surface area contributed by atoms with Crippen LogP contribution >= 0.6 is 24.0 Å². The van der Waals surface area contributed by atoms with Crippen molar-refractivity contribution in [2.75, 3.05) is 40.8 Å². The molecule has 1 unspecified atom stereocenters. The Bertz CT molecular complexity index is 772. The summed E-state index contributed by atoms with van der Waals surface area (Å²) in [4.78, 5) is 7.01. The molecule has 2 aromatic rings. The lowest BCUT2D eigenvalue weighted by molar-refractivity contribution is 0.306. The number of methoxy groups -OCH3 is 1. The number of nitrogens with one attached hydrogen (secondary N) is 2. The second kappa shape index (κ2) is 13.5. The number of nitrogens with zero attached hydrogens (tertiary/aromatic N) is 4. The molecular formula is C22H37IN6O. The molecule has 30 heavy (non-hydrogen) atoms. The van der Waals surface area contributed by atoms with Crippen molar-refractivity contribution in [2.24, 2.45) is 4.99 Å². The van der Waals surface area contributed by atoms with Crippen LogP contribution in [0.5, 0.6) is 5.75 Å². The summed E-state index contributed by atoms with van der Waals surface area (Å²) < 4.78 is 7.33. The van der Waals surface area contributed by atoms with Gasteiger partial charge in [-0.2, -0.15) is 5.10 Å². The first kappa shape index (κ1) is 26.2. The highest BCUT2D eigenvalue weighted by atomic mass is 127. The Hall–Kier alpha value is -1.81. The summed E-state index contributed by atoms with van der Waals surface area (Å²) in [5, 5.41) is 11.3. The van der Waals surface area contributed by atoms with Crippen molar-refractivity contribution in [1.29, 1.82) is 0 Å². The highest BCUT2D eigenvalue weighted by Gasteiger charge is 2.14. The standard InChI is InChI=1S/C22H36N6O.HI/c1-7-23-22(24-13-8-14-28-18(3)15-17(2)26-28)25-16-21(27(4)5)19-9-11-20(29-6)12-10-19;/h9-12,15,21H,7-8,13-14,16H2,1-6H3,(H2,23,24,25);1H. The molecule has 0 fully saturated rings. The third-order valence-corrected chi connectivity index (χ3v) is 4.83. The lowest BCUT2D eigenvalue weighted by atomic mass is 10.1. The number of guanidine groups is 1. The number of rotatable bonds is 10. The SMILES string of the molecule is CCNC(=NCC(c1ccc(OC)cc1)N(C)C)NCCCn1nc(C)cc1C.I. The molecule has 0 aliphatic carbocycles. The van der Waals surface area contributed by atoms with E-state index in [2.05, 4.69) is 71.5 Å². The molecule has 1 atom stereocenters. The summed E-state index contributed by atoms with van der Waals surface area (Å²) >= 11 is 0. The summed E-state index contributed by atoms with van der Waals surface area (Å²) in [6.45, 7) is 9.46. The zero-order valence-corrected chi connectivity index (χ0v) is 21.4. The highest BCUT2D eigenvalue weighted by molar-refractivity contribution is 14.0. The van der Waals surface area contributed by atoms with E-state index in [0.717, 1.165) is 43.5 Å². The molecule has 168 valence electrons. The van der Waals surface area contributed by atoms with Crippen LogP contribution in [0.1, 0.15) is 36.3 Å². The summed E-state index contributed by atoms with van der Waals surface area (Å²) in [7, 11) is 5.85. The van der Waals surface area contributed by atoms with Crippen LogP contribution in [0.4, 0.5) is 0 Å². The minimum absolute atomic E-state index is 0. The second-order valence-corrected chi connectivity index (χ2v) is 7.40. The van der Waals surface area contributed by atoms with E-state index in [0.29, 0.717) is 6.54 Å². The average Bonchev–Trinajstić information content (AvgIpc) is 3.02. The van der Waals surface area contributed by atoms with E-state index in [1.807, 2.05) is 19.1 Å². The van der Waals surface area contributed by atoms with Gasteiger partial charge in [-0.3, -0.25) is 9.67 Å². The van der Waals surface area contributed by atoms with Crippen LogP contribution in [0.2, 0.25) is 0 Å². The first-order valence-corrected chi connectivity index (χ1v) is 10.3. The van der Waals surface area contributed by atoms with E-state index in [9.17, 15) is 0 Å². The molecule has 0 bridgehead atoms. The molecule has 8 heteroatoms. The largest absolute Gasteiger partial charge is 0.497 e. The molecule has 1 aromatic heterocycles. The quantitative estimate of drug-likeness (QED) is 0.214. The number of aliphatic imine (C=N–C) groups is 1. The van der Waals surface area contributed by atoms with Crippen molar-refractivity contribution in [1.82, 2.24) is 25.3 Å². The Balaban J connectivity index is 0.00000450. The van der Waals surface area contributed by atoms with Gasteiger partial charge in [0.1, 0.15) is 5.75 Å². The van der Waals surface area contributed by atoms with Gasteiger partial charge >= 0.3 is 0 Å². The monoisotopic (exact) mass is 528 g/mol. The Morgan fingerprint density at radius 3 is 2.43 bits per heavy atom. The lowest BCUT2D eigenvalue weighted by Crippen LogP contribution is -2.38. The van der Waals surface area contributed by atoms with Gasteiger partial charge in [0.25, 0.3) is 0 Å². The maximum absolute atomic E-state index is 5.27. The summed E-state index contributed by atoms with van der Waals surface area (Å²) in [5.74, 6) is 1.72. The van der Waals surface area contributed by atoms with Gasteiger partial charge in [-0.05, 0) is 65.0 Å². The molecule has 0 spiro atoms. The first-order valence-electron chi connectivity index (χ1n) is 10.3. The van der Waals surface area contributed by atoms with E-state index in [1.165, 1.54) is 11.3 Å². The van der Waals surface area contributed by atoms with Crippen LogP contribution in [-0.2, 0) is 6.54 Å². The van der Waals surface area contributed by atoms with Gasteiger partial charge in [0, 0.05) is 25.3 Å². The molecule has 7 nitrogen and oxygen atoms in total. The van der Waals surface area contributed by atoms with E-state index < -0.39 is 0 Å². The van der Waals surface area contributed by atoms with Gasteiger partial charge in [0.2, 0.25) is 0 Å². The third-order valence-electron chi connectivity index (χ3n) is 4.83. The molecule has 2 N–H and O–H groups in total. The zero-order valence-electron chi connectivity index (χ0n) is 19.1. The Labute approximate surface area is 198 Å². The minimum Gasteiger partial charge on any atom is -0.497 e. The van der Waals surface area contributed by atoms with E-state index in [1.54, 1.807) is 7.11 Å². The molecule has 1 aromatic carbocycles. The fraction of sp³-hybridized carbons (Fsp3) is 0.545. The van der Waals surface area contributed by atoms with Gasteiger partial charge < -0.3 is 20.3 Å². The second-order valence-electron chi connectivity index (χ2n) is 7.40. The van der Waals surface area contributed by atoms with Crippen molar-refractivity contribution in [2.45, 2.75) is 39.8 Å². The fourth-order valence-corrected chi connectivity index (χ4v) is 3.25. The predicted octanol–water partition coefficient (Wildman–Crippen LogP) is 3.37. The smallest absolute Gasteiger partial charge is 0.191 e. The van der Waals surface area contributed by atoms with Crippen molar-refractivity contribution >= 4 is 29.9 Å². The molecule has 2 rings (SSSR count). The zero-order chi connectivity index (χ0) is 21.2. The van der Waals surface area contributed by atoms with E-state index in [-0.39, 0.29) is 30.0 Å². The molecule has 0 amide bonds. The fourth-order valence-electron chi connectivity index (χ4n) is 3.25. The summed E-state index contributed by atoms with van der Waals surface area (Å²) in [6, 6.07) is 10.5. The Morgan fingerprint density at radius 1 is 1.20 bits per heavy atom. The number of ether oxygens (including phenoxy) is 1. The van der Waals surface area contributed by atoms with Gasteiger partial charge in [-0.15, -0.1) is 24.0 Å². The van der Waals surface area contributed by atoms with Gasteiger partial charge in [-0.25, -0.2) is 0 Å². The number of hydrogen-bond donors (Lipinski definition) is 2. The summed E-state index contributed by atoms with van der Waals surface area (Å²) in [5.41, 5.74) is 3.50. The van der Waals surface area contributed by atoms with Crippen LogP contribution in [0.15, 0.2) is 35.3 Å². The van der Waals surface area contributed by atoms with Crippen LogP contribution in [0, 0.1) is 13.8 Å².